The van der Waals surface area contributed by atoms with Crippen molar-refractivity contribution >= 4 is 49.7 Å². The Morgan fingerprint density at radius 3 is 1.17 bits per heavy atom. The predicted molar refractivity (Wildman–Crippen MR) is 181 cm³/mol. The second-order valence-electron chi connectivity index (χ2n) is 12.4. The fourth-order valence-corrected chi connectivity index (χ4v) is 5.71. The van der Waals surface area contributed by atoms with Crippen LogP contribution < -0.4 is 0 Å². The van der Waals surface area contributed by atoms with Crippen LogP contribution in [0.1, 0.15) is 213 Å². The van der Waals surface area contributed by atoms with Gasteiger partial charge in [0.1, 0.15) is 6.10 Å². The summed E-state index contributed by atoms with van der Waals surface area (Å²) in [5, 5.41) is 8.65. The Morgan fingerprint density at radius 2 is 0.805 bits per heavy atom. The van der Waals surface area contributed by atoms with Crippen LogP contribution in [-0.2, 0) is 14.3 Å². The van der Waals surface area contributed by atoms with Gasteiger partial charge in [-0.1, -0.05) is 168 Å². The summed E-state index contributed by atoms with van der Waals surface area (Å²) in [5.74, 6) is -0.648. The molecule has 0 aliphatic heterocycles. The normalized spacial score (nSPS) is 11.8. The number of aliphatic carboxylic acids is 1. The first-order valence-electron chi connectivity index (χ1n) is 18.0. The van der Waals surface area contributed by atoms with Crippen LogP contribution in [0.3, 0.4) is 0 Å². The summed E-state index contributed by atoms with van der Waals surface area (Å²) in [6.07, 6.45) is 37.5. The summed E-state index contributed by atoms with van der Waals surface area (Å²) in [6, 6.07) is 0. The van der Waals surface area contributed by atoms with Crippen LogP contribution in [0.5, 0.6) is 0 Å². The molecule has 1 atom stereocenters. The summed E-state index contributed by atoms with van der Waals surface area (Å²) < 4.78 is 5.85. The van der Waals surface area contributed by atoms with Crippen molar-refractivity contribution in [2.24, 2.45) is 0 Å². The number of rotatable bonds is 33. The Bertz CT molecular complexity index is 540. The molecule has 0 heterocycles. The molecule has 0 bridgehead atoms. The summed E-state index contributed by atoms with van der Waals surface area (Å²) in [6.45, 7) is 4.47. The summed E-state index contributed by atoms with van der Waals surface area (Å²) in [7, 11) is 0. The Kier molecular flexibility index (Phi) is 38.5. The third kappa shape index (κ3) is 36.3. The Hall–Kier alpha value is 0.200. The number of carboxylic acids is 1. The van der Waals surface area contributed by atoms with Crippen LogP contribution in [0.4, 0.5) is 0 Å². The minimum absolute atomic E-state index is 0. The molecule has 0 amide bonds. The van der Waals surface area contributed by atoms with Gasteiger partial charge in [0.25, 0.3) is 0 Å². The number of carboxylic acid groups (broad SMARTS) is 1. The van der Waals surface area contributed by atoms with Gasteiger partial charge in [0.2, 0.25) is 0 Å². The number of carbonyl (C=O) groups is 2. The van der Waals surface area contributed by atoms with Crippen molar-refractivity contribution in [2.45, 2.75) is 219 Å². The number of esters is 1. The van der Waals surface area contributed by atoms with E-state index in [0.717, 1.165) is 44.9 Å². The topological polar surface area (TPSA) is 63.6 Å². The SMILES string of the molecule is CCCCCCCCCCCCCCCCCC(=O)OC(CCC)CCCCCCCCCCCCCC(=O)O.[CaH2]. The fourth-order valence-electron chi connectivity index (χ4n) is 5.71. The van der Waals surface area contributed by atoms with Gasteiger partial charge in [0, 0.05) is 12.8 Å². The standard InChI is InChI=1S/C36H70O4.Ca.2H/c1-3-5-6-7-8-9-10-11-12-13-17-20-23-26-29-33-36(39)40-34(30-4-2)31-27-24-21-18-15-14-16-19-22-25-28-32-35(37)38;;;/h34H,3-33H2,1-2H3,(H,37,38);;;. The number of hydrogen-bond donors (Lipinski definition) is 1. The molecule has 5 heteroatoms. The first-order valence-corrected chi connectivity index (χ1v) is 18.0. The second-order valence-corrected chi connectivity index (χ2v) is 12.4. The molecular weight excluding hydrogens is 536 g/mol. The third-order valence-corrected chi connectivity index (χ3v) is 8.31. The van der Waals surface area contributed by atoms with E-state index in [4.69, 9.17) is 9.84 Å². The second kappa shape index (κ2) is 36.4. The van der Waals surface area contributed by atoms with Gasteiger partial charge in [-0.15, -0.1) is 0 Å². The van der Waals surface area contributed by atoms with E-state index in [2.05, 4.69) is 13.8 Å². The molecule has 0 aliphatic rings. The number of carbonyl (C=O) groups excluding carboxylic acids is 1. The molecule has 0 spiro atoms. The van der Waals surface area contributed by atoms with Gasteiger partial charge in [-0.25, -0.2) is 0 Å². The Morgan fingerprint density at radius 1 is 0.463 bits per heavy atom. The fraction of sp³-hybridized carbons (Fsp3) is 0.944. The molecule has 0 radical (unpaired) electrons. The van der Waals surface area contributed by atoms with E-state index < -0.39 is 5.97 Å². The number of ether oxygens (including phenoxy) is 1. The number of hydrogen-bond acceptors (Lipinski definition) is 3. The van der Waals surface area contributed by atoms with Gasteiger partial charge in [0.05, 0.1) is 0 Å². The maximum atomic E-state index is 12.4. The molecule has 0 saturated heterocycles. The van der Waals surface area contributed by atoms with Crippen LogP contribution in [0.25, 0.3) is 0 Å². The van der Waals surface area contributed by atoms with Crippen molar-refractivity contribution in [2.75, 3.05) is 0 Å². The van der Waals surface area contributed by atoms with Crippen LogP contribution in [-0.4, -0.2) is 60.9 Å². The van der Waals surface area contributed by atoms with E-state index in [-0.39, 0.29) is 49.8 Å². The zero-order valence-electron chi connectivity index (χ0n) is 27.2. The van der Waals surface area contributed by atoms with Crippen molar-refractivity contribution in [1.29, 1.82) is 0 Å². The first kappa shape index (κ1) is 43.3. The Balaban J connectivity index is 0. The van der Waals surface area contributed by atoms with Crippen molar-refractivity contribution in [3.63, 3.8) is 0 Å². The predicted octanol–water partition coefficient (Wildman–Crippen LogP) is 11.2. The molecule has 0 aliphatic carbocycles. The summed E-state index contributed by atoms with van der Waals surface area (Å²) in [5.41, 5.74) is 0. The van der Waals surface area contributed by atoms with Gasteiger partial charge in [-0.3, -0.25) is 9.59 Å². The molecule has 0 aromatic heterocycles. The van der Waals surface area contributed by atoms with Gasteiger partial charge >= 0.3 is 49.7 Å². The van der Waals surface area contributed by atoms with Crippen LogP contribution in [0.15, 0.2) is 0 Å². The van der Waals surface area contributed by atoms with Crippen LogP contribution in [0.2, 0.25) is 0 Å². The Labute approximate surface area is 286 Å². The van der Waals surface area contributed by atoms with Crippen LogP contribution in [0, 0.1) is 0 Å². The zero-order valence-corrected chi connectivity index (χ0v) is 27.2. The van der Waals surface area contributed by atoms with E-state index in [9.17, 15) is 9.59 Å². The van der Waals surface area contributed by atoms with E-state index in [1.807, 2.05) is 0 Å². The third-order valence-electron chi connectivity index (χ3n) is 8.31. The van der Waals surface area contributed by atoms with E-state index in [0.29, 0.717) is 12.8 Å². The van der Waals surface area contributed by atoms with E-state index in [1.165, 1.54) is 141 Å². The molecule has 0 aromatic rings. The van der Waals surface area contributed by atoms with E-state index >= 15 is 0 Å². The molecule has 41 heavy (non-hydrogen) atoms. The van der Waals surface area contributed by atoms with Gasteiger partial charge in [-0.05, 0) is 32.1 Å². The maximum absolute atomic E-state index is 12.4. The number of unbranched alkanes of at least 4 members (excludes halogenated alkanes) is 24. The average molecular weight is 609 g/mol. The summed E-state index contributed by atoms with van der Waals surface area (Å²) >= 11 is 0. The van der Waals surface area contributed by atoms with Crippen molar-refractivity contribution in [3.05, 3.63) is 0 Å². The van der Waals surface area contributed by atoms with Gasteiger partial charge < -0.3 is 9.84 Å². The molecule has 242 valence electrons. The zero-order chi connectivity index (χ0) is 29.4. The van der Waals surface area contributed by atoms with E-state index in [1.54, 1.807) is 0 Å². The van der Waals surface area contributed by atoms with Crippen molar-refractivity contribution < 1.29 is 19.4 Å². The summed E-state index contributed by atoms with van der Waals surface area (Å²) in [4.78, 5) is 22.9. The molecule has 0 rings (SSSR count). The average Bonchev–Trinajstić information content (AvgIpc) is 2.93. The molecular formula is C36H72CaO4. The van der Waals surface area contributed by atoms with Crippen molar-refractivity contribution in [1.82, 2.24) is 0 Å². The van der Waals surface area contributed by atoms with Crippen molar-refractivity contribution in [3.8, 4) is 0 Å². The molecule has 1 N–H and O–H groups in total. The van der Waals surface area contributed by atoms with Gasteiger partial charge in [-0.2, -0.15) is 0 Å². The monoisotopic (exact) mass is 609 g/mol. The molecule has 0 fully saturated rings. The first-order chi connectivity index (χ1) is 19.6. The van der Waals surface area contributed by atoms with Gasteiger partial charge in [0.15, 0.2) is 0 Å². The van der Waals surface area contributed by atoms with Crippen LogP contribution >= 0.6 is 0 Å². The molecule has 1 unspecified atom stereocenters. The molecule has 0 aromatic carbocycles. The quantitative estimate of drug-likeness (QED) is 0.0457. The molecule has 0 saturated carbocycles. The minimum atomic E-state index is -0.672. The molecule has 4 nitrogen and oxygen atoms in total.